The van der Waals surface area contributed by atoms with Crippen molar-refractivity contribution in [2.45, 2.75) is 6.42 Å². The van der Waals surface area contributed by atoms with E-state index >= 15 is 0 Å². The summed E-state index contributed by atoms with van der Waals surface area (Å²) in [6, 6.07) is 14.5. The summed E-state index contributed by atoms with van der Waals surface area (Å²) in [7, 11) is 2.97. The first kappa shape index (κ1) is 17.0. The normalized spacial score (nSPS) is 15.7. The van der Waals surface area contributed by atoms with E-state index < -0.39 is 0 Å². The second-order valence-corrected chi connectivity index (χ2v) is 5.87. The van der Waals surface area contributed by atoms with E-state index in [4.69, 9.17) is 9.57 Å². The number of ether oxygens (including phenoxy) is 1. The molecule has 0 fully saturated rings. The van der Waals surface area contributed by atoms with Gasteiger partial charge in [-0.3, -0.25) is 14.4 Å². The maximum atomic E-state index is 12.5. The van der Waals surface area contributed by atoms with Gasteiger partial charge in [0.1, 0.15) is 12.4 Å². The van der Waals surface area contributed by atoms with E-state index in [1.807, 2.05) is 24.3 Å². The topological polar surface area (TPSA) is 67.9 Å². The molecule has 6 nitrogen and oxygen atoms in total. The summed E-state index contributed by atoms with van der Waals surface area (Å²) in [4.78, 5) is 29.3. The number of rotatable bonds is 4. The van der Waals surface area contributed by atoms with Crippen molar-refractivity contribution in [3.05, 3.63) is 59.7 Å². The summed E-state index contributed by atoms with van der Waals surface area (Å²) in [5.74, 6) is 0.257. The molecule has 1 unspecified atom stereocenters. The number of hydrogen-bond acceptors (Lipinski definition) is 4. The summed E-state index contributed by atoms with van der Waals surface area (Å²) in [5, 5.41) is 4.02. The van der Waals surface area contributed by atoms with Gasteiger partial charge in [0.25, 0.3) is 5.91 Å². The minimum atomic E-state index is -0.252. The van der Waals surface area contributed by atoms with Gasteiger partial charge in [-0.25, -0.2) is 5.06 Å². The lowest BCUT2D eigenvalue weighted by atomic mass is 9.96. The van der Waals surface area contributed by atoms with E-state index in [2.05, 4.69) is 5.32 Å². The summed E-state index contributed by atoms with van der Waals surface area (Å²) in [5.41, 5.74) is 2.16. The maximum absolute atomic E-state index is 12.5. The highest BCUT2D eigenvalue weighted by Gasteiger charge is 2.25. The van der Waals surface area contributed by atoms with E-state index in [0.717, 1.165) is 16.4 Å². The molecule has 1 heterocycles. The Balaban J connectivity index is 1.63. The second kappa shape index (κ2) is 7.36. The lowest BCUT2D eigenvalue weighted by molar-refractivity contribution is -0.121. The van der Waals surface area contributed by atoms with Crippen LogP contribution in [0, 0.1) is 5.92 Å². The van der Waals surface area contributed by atoms with Crippen molar-refractivity contribution >= 4 is 17.5 Å². The number of benzene rings is 2. The van der Waals surface area contributed by atoms with Crippen molar-refractivity contribution in [1.82, 2.24) is 5.06 Å². The highest BCUT2D eigenvalue weighted by molar-refractivity contribution is 5.96. The molecule has 0 aliphatic carbocycles. The third-order valence-corrected chi connectivity index (χ3v) is 4.21. The van der Waals surface area contributed by atoms with Crippen molar-refractivity contribution in [2.24, 2.45) is 5.92 Å². The Morgan fingerprint density at radius 2 is 1.88 bits per heavy atom. The summed E-state index contributed by atoms with van der Waals surface area (Å²) in [6.07, 6.45) is 0.650. The fraction of sp³-hybridized carbons (Fsp3) is 0.263. The number of nitrogens with zero attached hydrogens (tertiary/aromatic N) is 1. The zero-order valence-corrected chi connectivity index (χ0v) is 14.2. The predicted octanol–water partition coefficient (Wildman–Crippen LogP) is 2.51. The van der Waals surface area contributed by atoms with Gasteiger partial charge < -0.3 is 10.1 Å². The highest BCUT2D eigenvalue weighted by atomic mass is 16.7. The number of carbonyl (C=O) groups excluding carboxylic acids is 2. The highest BCUT2D eigenvalue weighted by Crippen LogP contribution is 2.27. The number of hydrogen-bond donors (Lipinski definition) is 1. The SMILES string of the molecule is CON(C)C(=O)c1ccc(NC(=O)C2COc3ccccc3C2)cc1. The average Bonchev–Trinajstić information content (AvgIpc) is 2.67. The van der Waals surface area contributed by atoms with Gasteiger partial charge in [0.15, 0.2) is 0 Å². The molecule has 130 valence electrons. The van der Waals surface area contributed by atoms with Gasteiger partial charge in [0.05, 0.1) is 13.0 Å². The third kappa shape index (κ3) is 3.80. The average molecular weight is 340 g/mol. The summed E-state index contributed by atoms with van der Waals surface area (Å²) < 4.78 is 5.66. The van der Waals surface area contributed by atoms with Gasteiger partial charge in [-0.05, 0) is 42.3 Å². The number of para-hydroxylation sites is 1. The first-order valence-corrected chi connectivity index (χ1v) is 8.02. The Bertz CT molecular complexity index is 773. The fourth-order valence-corrected chi connectivity index (χ4v) is 2.70. The van der Waals surface area contributed by atoms with E-state index in [0.29, 0.717) is 24.3 Å². The zero-order valence-electron chi connectivity index (χ0n) is 14.2. The molecular formula is C19H20N2O4. The molecule has 0 radical (unpaired) electrons. The van der Waals surface area contributed by atoms with Crippen LogP contribution in [0.4, 0.5) is 5.69 Å². The van der Waals surface area contributed by atoms with Crippen LogP contribution in [0.15, 0.2) is 48.5 Å². The molecule has 2 aromatic rings. The van der Waals surface area contributed by atoms with Crippen LogP contribution in [0.3, 0.4) is 0 Å². The number of nitrogens with one attached hydrogen (secondary N) is 1. The fourth-order valence-electron chi connectivity index (χ4n) is 2.70. The summed E-state index contributed by atoms with van der Waals surface area (Å²) >= 11 is 0. The molecule has 1 atom stereocenters. The van der Waals surface area contributed by atoms with Crippen LogP contribution in [0.25, 0.3) is 0 Å². The standard InChI is InChI=1S/C19H20N2O4/c1-21(24-2)19(23)13-7-9-16(10-8-13)20-18(22)15-11-14-5-3-4-6-17(14)25-12-15/h3-10,15H,11-12H2,1-2H3,(H,20,22). The van der Waals surface area contributed by atoms with E-state index in [1.165, 1.54) is 7.11 Å². The van der Waals surface area contributed by atoms with Crippen LogP contribution in [0.2, 0.25) is 0 Å². The van der Waals surface area contributed by atoms with Gasteiger partial charge in [-0.2, -0.15) is 0 Å². The van der Waals surface area contributed by atoms with Crippen LogP contribution in [0.5, 0.6) is 5.75 Å². The Morgan fingerprint density at radius 1 is 1.16 bits per heavy atom. The minimum Gasteiger partial charge on any atom is -0.492 e. The predicted molar refractivity (Wildman–Crippen MR) is 93.3 cm³/mol. The zero-order chi connectivity index (χ0) is 17.8. The monoisotopic (exact) mass is 340 g/mol. The van der Waals surface area contributed by atoms with Crippen LogP contribution in [-0.4, -0.2) is 37.6 Å². The van der Waals surface area contributed by atoms with Gasteiger partial charge in [0, 0.05) is 18.3 Å². The van der Waals surface area contributed by atoms with E-state index in [9.17, 15) is 9.59 Å². The molecule has 6 heteroatoms. The molecule has 2 aromatic carbocycles. The molecule has 2 amide bonds. The molecular weight excluding hydrogens is 320 g/mol. The number of carbonyl (C=O) groups is 2. The van der Waals surface area contributed by atoms with Crippen molar-refractivity contribution in [3.63, 3.8) is 0 Å². The van der Waals surface area contributed by atoms with Gasteiger partial charge in [-0.1, -0.05) is 18.2 Å². The van der Waals surface area contributed by atoms with E-state index in [1.54, 1.807) is 31.3 Å². The molecule has 3 rings (SSSR count). The van der Waals surface area contributed by atoms with Crippen LogP contribution < -0.4 is 10.1 Å². The summed E-state index contributed by atoms with van der Waals surface area (Å²) in [6.45, 7) is 0.359. The molecule has 25 heavy (non-hydrogen) atoms. The molecule has 0 aromatic heterocycles. The van der Waals surface area contributed by atoms with Crippen LogP contribution in [-0.2, 0) is 16.1 Å². The Labute approximate surface area is 146 Å². The molecule has 1 aliphatic heterocycles. The Hall–Kier alpha value is -2.86. The molecule has 0 saturated heterocycles. The molecule has 0 spiro atoms. The van der Waals surface area contributed by atoms with Crippen molar-refractivity contribution in [2.75, 3.05) is 26.1 Å². The quantitative estimate of drug-likeness (QED) is 0.869. The molecule has 0 bridgehead atoms. The maximum Gasteiger partial charge on any atom is 0.277 e. The number of fused-ring (bicyclic) bond motifs is 1. The van der Waals surface area contributed by atoms with Gasteiger partial charge >= 0.3 is 0 Å². The lowest BCUT2D eigenvalue weighted by Gasteiger charge is -2.24. The first-order valence-electron chi connectivity index (χ1n) is 8.02. The number of anilines is 1. The largest absolute Gasteiger partial charge is 0.492 e. The van der Waals surface area contributed by atoms with Crippen LogP contribution in [0.1, 0.15) is 15.9 Å². The second-order valence-electron chi connectivity index (χ2n) is 5.87. The van der Waals surface area contributed by atoms with Gasteiger partial charge in [0.2, 0.25) is 5.91 Å². The van der Waals surface area contributed by atoms with Crippen molar-refractivity contribution in [3.8, 4) is 5.75 Å². The molecule has 0 saturated carbocycles. The molecule has 1 aliphatic rings. The Morgan fingerprint density at radius 3 is 2.60 bits per heavy atom. The van der Waals surface area contributed by atoms with Crippen molar-refractivity contribution < 1.29 is 19.2 Å². The third-order valence-electron chi connectivity index (χ3n) is 4.21. The number of amides is 2. The Kier molecular flexibility index (Phi) is 5.00. The van der Waals surface area contributed by atoms with E-state index in [-0.39, 0.29) is 17.7 Å². The van der Waals surface area contributed by atoms with Gasteiger partial charge in [-0.15, -0.1) is 0 Å². The minimum absolute atomic E-state index is 0.0948. The number of hydroxylamine groups is 2. The molecule has 1 N–H and O–H groups in total. The smallest absolute Gasteiger partial charge is 0.277 e. The first-order chi connectivity index (χ1) is 12.1. The van der Waals surface area contributed by atoms with Crippen LogP contribution >= 0.6 is 0 Å². The lowest BCUT2D eigenvalue weighted by Crippen LogP contribution is -2.32. The van der Waals surface area contributed by atoms with Crippen molar-refractivity contribution in [1.29, 1.82) is 0 Å².